The number of halogens is 1. The van der Waals surface area contributed by atoms with Gasteiger partial charge in [0, 0.05) is 17.1 Å². The largest absolute Gasteiger partial charge is 0.484 e. The highest BCUT2D eigenvalue weighted by Gasteiger charge is 2.03. The van der Waals surface area contributed by atoms with Gasteiger partial charge in [0.05, 0.1) is 0 Å². The van der Waals surface area contributed by atoms with Gasteiger partial charge in [0.15, 0.2) is 6.61 Å². The minimum absolute atomic E-state index is 0.108. The lowest BCUT2D eigenvalue weighted by atomic mass is 10.2. The summed E-state index contributed by atoms with van der Waals surface area (Å²) >= 11 is 5.86. The molecule has 2 aromatic rings. The quantitative estimate of drug-likeness (QED) is 0.835. The second-order valence-electron chi connectivity index (χ2n) is 4.39. The van der Waals surface area contributed by atoms with E-state index in [0.29, 0.717) is 22.9 Å². The number of benzene rings is 2. The fourth-order valence-corrected chi connectivity index (χ4v) is 1.94. The average molecular weight is 304 g/mol. The van der Waals surface area contributed by atoms with Crippen molar-refractivity contribution >= 4 is 23.8 Å². The summed E-state index contributed by atoms with van der Waals surface area (Å²) in [7, 11) is 0. The van der Waals surface area contributed by atoms with E-state index in [-0.39, 0.29) is 12.5 Å². The predicted octanol–water partition coefficient (Wildman–Crippen LogP) is 2.85. The number of carbonyl (C=O) groups is 2. The topological polar surface area (TPSA) is 55.4 Å². The van der Waals surface area contributed by atoms with Crippen LogP contribution in [0.15, 0.2) is 48.5 Å². The molecular weight excluding hydrogens is 290 g/mol. The molecule has 0 saturated carbocycles. The summed E-state index contributed by atoms with van der Waals surface area (Å²) < 4.78 is 5.33. The Morgan fingerprint density at radius 3 is 2.76 bits per heavy atom. The summed E-state index contributed by atoms with van der Waals surface area (Å²) in [6.45, 7) is 0.278. The van der Waals surface area contributed by atoms with Crippen molar-refractivity contribution in [3.63, 3.8) is 0 Å². The third-order valence-corrected chi connectivity index (χ3v) is 2.98. The molecule has 4 nitrogen and oxygen atoms in total. The molecule has 5 heteroatoms. The summed E-state index contributed by atoms with van der Waals surface area (Å²) in [5.41, 5.74) is 1.42. The monoisotopic (exact) mass is 303 g/mol. The van der Waals surface area contributed by atoms with Crippen molar-refractivity contribution in [1.29, 1.82) is 0 Å². The van der Waals surface area contributed by atoms with E-state index in [0.717, 1.165) is 11.8 Å². The number of hydrogen-bond donors (Lipinski definition) is 1. The molecular formula is C16H14ClNO3. The van der Waals surface area contributed by atoms with E-state index in [1.165, 1.54) is 0 Å². The van der Waals surface area contributed by atoms with Crippen LogP contribution in [0.4, 0.5) is 0 Å². The maximum Gasteiger partial charge on any atom is 0.258 e. The van der Waals surface area contributed by atoms with Gasteiger partial charge in [0.1, 0.15) is 12.0 Å². The normalized spacial score (nSPS) is 9.95. The lowest BCUT2D eigenvalue weighted by Gasteiger charge is -2.08. The Morgan fingerprint density at radius 1 is 1.19 bits per heavy atom. The number of carbonyl (C=O) groups excluding carboxylic acids is 2. The van der Waals surface area contributed by atoms with E-state index in [2.05, 4.69) is 5.32 Å². The summed E-state index contributed by atoms with van der Waals surface area (Å²) in [4.78, 5) is 22.3. The highest BCUT2D eigenvalue weighted by atomic mass is 35.5. The molecule has 0 saturated heterocycles. The molecule has 0 spiro atoms. The van der Waals surface area contributed by atoms with Crippen molar-refractivity contribution in [3.05, 3.63) is 64.7 Å². The maximum absolute atomic E-state index is 11.7. The minimum atomic E-state index is -0.244. The van der Waals surface area contributed by atoms with Crippen LogP contribution in [0, 0.1) is 0 Å². The average Bonchev–Trinajstić information content (AvgIpc) is 2.51. The van der Waals surface area contributed by atoms with Gasteiger partial charge in [0.25, 0.3) is 5.91 Å². The molecule has 0 fully saturated rings. The third-order valence-electron chi connectivity index (χ3n) is 2.74. The van der Waals surface area contributed by atoms with Crippen LogP contribution in [0.2, 0.25) is 5.02 Å². The van der Waals surface area contributed by atoms with Crippen LogP contribution in [-0.2, 0) is 11.3 Å². The van der Waals surface area contributed by atoms with Crippen molar-refractivity contribution < 1.29 is 14.3 Å². The highest BCUT2D eigenvalue weighted by molar-refractivity contribution is 6.30. The first-order valence-corrected chi connectivity index (χ1v) is 6.74. The second kappa shape index (κ2) is 7.45. The van der Waals surface area contributed by atoms with Crippen molar-refractivity contribution in [1.82, 2.24) is 5.32 Å². The molecule has 0 unspecified atom stereocenters. The summed E-state index contributed by atoms with van der Waals surface area (Å²) in [6, 6.07) is 13.9. The maximum atomic E-state index is 11.7. The van der Waals surface area contributed by atoms with Crippen molar-refractivity contribution in [2.45, 2.75) is 6.54 Å². The van der Waals surface area contributed by atoms with Crippen LogP contribution in [0.1, 0.15) is 15.9 Å². The highest BCUT2D eigenvalue weighted by Crippen LogP contribution is 2.12. The lowest BCUT2D eigenvalue weighted by Crippen LogP contribution is -2.28. The molecule has 0 atom stereocenters. The molecule has 108 valence electrons. The minimum Gasteiger partial charge on any atom is -0.484 e. The Hall–Kier alpha value is -2.33. The van der Waals surface area contributed by atoms with Crippen LogP contribution >= 0.6 is 11.6 Å². The molecule has 2 rings (SSSR count). The lowest BCUT2D eigenvalue weighted by molar-refractivity contribution is -0.123. The molecule has 0 heterocycles. The number of ether oxygens (including phenoxy) is 1. The van der Waals surface area contributed by atoms with Crippen LogP contribution in [-0.4, -0.2) is 18.8 Å². The molecule has 1 amide bonds. The fourth-order valence-electron chi connectivity index (χ4n) is 1.73. The third kappa shape index (κ3) is 4.93. The van der Waals surface area contributed by atoms with Crippen molar-refractivity contribution in [2.75, 3.05) is 6.61 Å². The van der Waals surface area contributed by atoms with Gasteiger partial charge in [-0.05, 0) is 29.8 Å². The summed E-state index contributed by atoms with van der Waals surface area (Å²) in [5, 5.41) is 3.36. The van der Waals surface area contributed by atoms with Crippen LogP contribution in [0.5, 0.6) is 5.75 Å². The number of hydrogen-bond acceptors (Lipinski definition) is 3. The molecule has 0 aromatic heterocycles. The first-order valence-electron chi connectivity index (χ1n) is 6.36. The van der Waals surface area contributed by atoms with E-state index >= 15 is 0 Å². The Morgan fingerprint density at radius 2 is 2.00 bits per heavy atom. The standard InChI is InChI=1S/C16H14ClNO3/c17-14-5-1-3-12(7-14)9-18-16(20)11-21-15-6-2-4-13(8-15)10-19/h1-8,10H,9,11H2,(H,18,20). The van der Waals surface area contributed by atoms with Gasteiger partial charge < -0.3 is 10.1 Å². The Labute approximate surface area is 127 Å². The van der Waals surface area contributed by atoms with Crippen LogP contribution in [0.25, 0.3) is 0 Å². The van der Waals surface area contributed by atoms with Gasteiger partial charge in [-0.1, -0.05) is 35.9 Å². The van der Waals surface area contributed by atoms with Gasteiger partial charge >= 0.3 is 0 Å². The molecule has 0 aliphatic heterocycles. The Balaban J connectivity index is 1.80. The van der Waals surface area contributed by atoms with E-state index in [1.807, 2.05) is 12.1 Å². The fraction of sp³-hybridized carbons (Fsp3) is 0.125. The van der Waals surface area contributed by atoms with E-state index in [4.69, 9.17) is 16.3 Å². The zero-order valence-corrected chi connectivity index (χ0v) is 12.0. The van der Waals surface area contributed by atoms with Gasteiger partial charge in [-0.2, -0.15) is 0 Å². The summed E-state index contributed by atoms with van der Waals surface area (Å²) in [6.07, 6.45) is 0.728. The van der Waals surface area contributed by atoms with Crippen molar-refractivity contribution in [2.24, 2.45) is 0 Å². The smallest absolute Gasteiger partial charge is 0.258 e. The summed E-state index contributed by atoms with van der Waals surface area (Å²) in [5.74, 6) is 0.240. The number of nitrogens with one attached hydrogen (secondary N) is 1. The molecule has 0 aliphatic rings. The molecule has 0 bridgehead atoms. The zero-order valence-electron chi connectivity index (χ0n) is 11.2. The van der Waals surface area contributed by atoms with Gasteiger partial charge in [-0.3, -0.25) is 9.59 Å². The van der Waals surface area contributed by atoms with E-state index in [9.17, 15) is 9.59 Å². The molecule has 0 aliphatic carbocycles. The van der Waals surface area contributed by atoms with E-state index in [1.54, 1.807) is 36.4 Å². The van der Waals surface area contributed by atoms with Crippen molar-refractivity contribution in [3.8, 4) is 5.75 Å². The number of aldehydes is 1. The molecule has 1 N–H and O–H groups in total. The zero-order chi connectivity index (χ0) is 15.1. The second-order valence-corrected chi connectivity index (χ2v) is 4.82. The van der Waals surface area contributed by atoms with Gasteiger partial charge in [-0.15, -0.1) is 0 Å². The van der Waals surface area contributed by atoms with E-state index < -0.39 is 0 Å². The van der Waals surface area contributed by atoms with Gasteiger partial charge in [0.2, 0.25) is 0 Å². The number of rotatable bonds is 6. The van der Waals surface area contributed by atoms with Crippen LogP contribution < -0.4 is 10.1 Å². The Kier molecular flexibility index (Phi) is 5.35. The first-order chi connectivity index (χ1) is 10.2. The SMILES string of the molecule is O=Cc1cccc(OCC(=O)NCc2cccc(Cl)c2)c1. The molecule has 0 radical (unpaired) electrons. The first kappa shape index (κ1) is 15.1. The number of amides is 1. The van der Waals surface area contributed by atoms with Gasteiger partial charge in [-0.25, -0.2) is 0 Å². The molecule has 21 heavy (non-hydrogen) atoms. The predicted molar refractivity (Wildman–Crippen MR) is 80.6 cm³/mol. The molecule has 2 aromatic carbocycles. The van der Waals surface area contributed by atoms with Crippen LogP contribution in [0.3, 0.4) is 0 Å². The Bertz CT molecular complexity index is 643.